The lowest BCUT2D eigenvalue weighted by Gasteiger charge is -2.08. The fraction of sp³-hybridized carbons (Fsp3) is 0.125. The molecule has 0 unspecified atom stereocenters. The molecule has 0 fully saturated rings. The molecule has 0 aliphatic rings. The third kappa shape index (κ3) is 3.82. The topological polar surface area (TPSA) is 71.3 Å². The molecule has 108 valence electrons. The number of aromatic nitrogens is 1. The van der Waals surface area contributed by atoms with Gasteiger partial charge in [0.2, 0.25) is 0 Å². The van der Waals surface area contributed by atoms with Crippen LogP contribution in [0.3, 0.4) is 0 Å². The number of aryl methyl sites for hydroxylation is 1. The van der Waals surface area contributed by atoms with Crippen molar-refractivity contribution in [3.05, 3.63) is 59.9 Å². The Morgan fingerprint density at radius 1 is 1.24 bits per heavy atom. The van der Waals surface area contributed by atoms with E-state index in [2.05, 4.69) is 5.32 Å². The molecule has 5 nitrogen and oxygen atoms in total. The SMILES string of the molecule is CCn1cccc1C(=O)Nc1ccc(C=CC(=O)O)cc1. The number of anilines is 1. The van der Waals surface area contributed by atoms with E-state index in [9.17, 15) is 9.59 Å². The van der Waals surface area contributed by atoms with E-state index in [1.807, 2.05) is 23.8 Å². The second kappa shape index (κ2) is 6.56. The van der Waals surface area contributed by atoms with E-state index in [1.165, 1.54) is 6.08 Å². The largest absolute Gasteiger partial charge is 0.478 e. The first kappa shape index (κ1) is 14.6. The molecule has 1 heterocycles. The first-order chi connectivity index (χ1) is 10.1. The van der Waals surface area contributed by atoms with Gasteiger partial charge in [-0.2, -0.15) is 0 Å². The predicted octanol–water partition coefficient (Wildman–Crippen LogP) is 2.86. The first-order valence-electron chi connectivity index (χ1n) is 6.57. The zero-order valence-electron chi connectivity index (χ0n) is 11.6. The second-order valence-corrected chi connectivity index (χ2v) is 4.43. The summed E-state index contributed by atoms with van der Waals surface area (Å²) < 4.78 is 1.86. The lowest BCUT2D eigenvalue weighted by atomic mass is 10.2. The molecule has 1 amide bonds. The third-order valence-electron chi connectivity index (χ3n) is 2.99. The number of nitrogens with zero attached hydrogens (tertiary/aromatic N) is 1. The van der Waals surface area contributed by atoms with E-state index in [0.717, 1.165) is 18.2 Å². The molecular formula is C16H16N2O3. The molecule has 0 saturated heterocycles. The van der Waals surface area contributed by atoms with Crippen molar-refractivity contribution in [1.82, 2.24) is 4.57 Å². The van der Waals surface area contributed by atoms with Crippen LogP contribution in [-0.4, -0.2) is 21.6 Å². The zero-order chi connectivity index (χ0) is 15.2. The highest BCUT2D eigenvalue weighted by Crippen LogP contribution is 2.13. The molecule has 0 aliphatic heterocycles. The fourth-order valence-corrected chi connectivity index (χ4v) is 1.94. The predicted molar refractivity (Wildman–Crippen MR) is 81.2 cm³/mol. The summed E-state index contributed by atoms with van der Waals surface area (Å²) in [6, 6.07) is 10.6. The monoisotopic (exact) mass is 284 g/mol. The van der Waals surface area contributed by atoms with Crippen molar-refractivity contribution in [3.63, 3.8) is 0 Å². The van der Waals surface area contributed by atoms with Crippen molar-refractivity contribution in [2.45, 2.75) is 13.5 Å². The number of carboxylic acids is 1. The van der Waals surface area contributed by atoms with E-state index in [0.29, 0.717) is 11.4 Å². The maximum absolute atomic E-state index is 12.1. The molecule has 5 heteroatoms. The number of rotatable bonds is 5. The Kier molecular flexibility index (Phi) is 4.56. The van der Waals surface area contributed by atoms with Crippen LogP contribution in [0.5, 0.6) is 0 Å². The van der Waals surface area contributed by atoms with Crippen LogP contribution in [0.2, 0.25) is 0 Å². The van der Waals surface area contributed by atoms with Crippen molar-refractivity contribution in [2.75, 3.05) is 5.32 Å². The van der Waals surface area contributed by atoms with Crippen LogP contribution < -0.4 is 5.32 Å². The zero-order valence-corrected chi connectivity index (χ0v) is 11.6. The van der Waals surface area contributed by atoms with Crippen molar-refractivity contribution in [1.29, 1.82) is 0 Å². The molecule has 0 aliphatic carbocycles. The van der Waals surface area contributed by atoms with Gasteiger partial charge < -0.3 is 15.0 Å². The third-order valence-corrected chi connectivity index (χ3v) is 2.99. The lowest BCUT2D eigenvalue weighted by Crippen LogP contribution is -2.16. The molecule has 21 heavy (non-hydrogen) atoms. The molecule has 1 aromatic heterocycles. The van der Waals surface area contributed by atoms with Crippen molar-refractivity contribution in [2.24, 2.45) is 0 Å². The van der Waals surface area contributed by atoms with E-state index in [-0.39, 0.29) is 5.91 Å². The number of carboxylic acid groups (broad SMARTS) is 1. The fourth-order valence-electron chi connectivity index (χ4n) is 1.94. The van der Waals surface area contributed by atoms with Crippen LogP contribution in [0.4, 0.5) is 5.69 Å². The van der Waals surface area contributed by atoms with Crippen molar-refractivity contribution < 1.29 is 14.7 Å². The number of benzene rings is 1. The van der Waals surface area contributed by atoms with Gasteiger partial charge in [-0.15, -0.1) is 0 Å². The summed E-state index contributed by atoms with van der Waals surface area (Å²) in [6.45, 7) is 2.70. The van der Waals surface area contributed by atoms with Gasteiger partial charge in [0.1, 0.15) is 5.69 Å². The van der Waals surface area contributed by atoms with Gasteiger partial charge in [0.05, 0.1) is 0 Å². The molecule has 2 aromatic rings. The Bertz CT molecular complexity index is 669. The van der Waals surface area contributed by atoms with Gasteiger partial charge in [0.25, 0.3) is 5.91 Å². The van der Waals surface area contributed by atoms with Gasteiger partial charge in [-0.05, 0) is 42.8 Å². The smallest absolute Gasteiger partial charge is 0.328 e. The standard InChI is InChI=1S/C16H16N2O3/c1-2-18-11-3-4-14(18)16(21)17-13-8-5-12(6-9-13)7-10-15(19)20/h3-11H,2H2,1H3,(H,17,21)(H,19,20). The number of nitrogens with one attached hydrogen (secondary N) is 1. The van der Waals surface area contributed by atoms with Gasteiger partial charge in [-0.25, -0.2) is 4.79 Å². The number of hydrogen-bond acceptors (Lipinski definition) is 2. The molecule has 2 rings (SSSR count). The average Bonchev–Trinajstić information content (AvgIpc) is 2.95. The highest BCUT2D eigenvalue weighted by molar-refractivity contribution is 6.03. The first-order valence-corrected chi connectivity index (χ1v) is 6.57. The number of hydrogen-bond donors (Lipinski definition) is 2. The summed E-state index contributed by atoms with van der Waals surface area (Å²) >= 11 is 0. The van der Waals surface area contributed by atoms with Gasteiger partial charge in [-0.3, -0.25) is 4.79 Å². The summed E-state index contributed by atoms with van der Waals surface area (Å²) in [5.41, 5.74) is 2.02. The second-order valence-electron chi connectivity index (χ2n) is 4.43. The van der Waals surface area contributed by atoms with E-state index < -0.39 is 5.97 Å². The molecule has 1 aromatic carbocycles. The molecular weight excluding hydrogens is 268 g/mol. The van der Waals surface area contributed by atoms with Crippen LogP contribution in [0, 0.1) is 0 Å². The summed E-state index contributed by atoms with van der Waals surface area (Å²) in [5, 5.41) is 11.4. The maximum Gasteiger partial charge on any atom is 0.328 e. The number of carbonyl (C=O) groups excluding carboxylic acids is 1. The van der Waals surface area contributed by atoms with E-state index in [4.69, 9.17) is 5.11 Å². The minimum Gasteiger partial charge on any atom is -0.478 e. The summed E-state index contributed by atoms with van der Waals surface area (Å²) in [4.78, 5) is 22.6. The van der Waals surface area contributed by atoms with Crippen molar-refractivity contribution in [3.8, 4) is 0 Å². The van der Waals surface area contributed by atoms with Crippen LogP contribution in [-0.2, 0) is 11.3 Å². The maximum atomic E-state index is 12.1. The highest BCUT2D eigenvalue weighted by atomic mass is 16.4. The highest BCUT2D eigenvalue weighted by Gasteiger charge is 2.09. The molecule has 0 spiro atoms. The molecule has 0 bridgehead atoms. The Morgan fingerprint density at radius 2 is 1.95 bits per heavy atom. The van der Waals surface area contributed by atoms with Gasteiger partial charge in [0.15, 0.2) is 0 Å². The summed E-state index contributed by atoms with van der Waals surface area (Å²) in [5.74, 6) is -1.16. The molecule has 0 radical (unpaired) electrons. The Hall–Kier alpha value is -2.82. The van der Waals surface area contributed by atoms with Gasteiger partial charge in [0, 0.05) is 24.5 Å². The van der Waals surface area contributed by atoms with Crippen LogP contribution in [0.1, 0.15) is 23.0 Å². The normalized spacial score (nSPS) is 10.7. The van der Waals surface area contributed by atoms with E-state index in [1.54, 1.807) is 30.3 Å². The van der Waals surface area contributed by atoms with Crippen LogP contribution >= 0.6 is 0 Å². The Labute approximate surface area is 122 Å². The molecule has 0 saturated carbocycles. The Morgan fingerprint density at radius 3 is 2.57 bits per heavy atom. The quantitative estimate of drug-likeness (QED) is 0.829. The van der Waals surface area contributed by atoms with Crippen molar-refractivity contribution >= 4 is 23.6 Å². The number of amides is 1. The number of carbonyl (C=O) groups is 2. The van der Waals surface area contributed by atoms with Gasteiger partial charge >= 0.3 is 5.97 Å². The number of aliphatic carboxylic acids is 1. The minimum atomic E-state index is -0.993. The average molecular weight is 284 g/mol. The molecule has 2 N–H and O–H groups in total. The van der Waals surface area contributed by atoms with Crippen LogP contribution in [0.15, 0.2) is 48.7 Å². The summed E-state index contributed by atoms with van der Waals surface area (Å²) in [6.07, 6.45) is 4.42. The Balaban J connectivity index is 2.06. The lowest BCUT2D eigenvalue weighted by molar-refractivity contribution is -0.131. The van der Waals surface area contributed by atoms with E-state index >= 15 is 0 Å². The summed E-state index contributed by atoms with van der Waals surface area (Å²) in [7, 11) is 0. The van der Waals surface area contributed by atoms with Crippen LogP contribution in [0.25, 0.3) is 6.08 Å². The molecule has 0 atom stereocenters. The minimum absolute atomic E-state index is 0.171. The van der Waals surface area contributed by atoms with Gasteiger partial charge in [-0.1, -0.05) is 12.1 Å².